The van der Waals surface area contributed by atoms with Crippen LogP contribution in [-0.2, 0) is 28.7 Å². The van der Waals surface area contributed by atoms with E-state index < -0.39 is 5.25 Å². The Morgan fingerprint density at radius 3 is 2.31 bits per heavy atom. The molecule has 0 saturated heterocycles. The number of hydrogen-bond donors (Lipinski definition) is 1. The fourth-order valence-corrected chi connectivity index (χ4v) is 4.43. The number of carbonyl (C=O) groups excluding carboxylic acids is 4. The van der Waals surface area contributed by atoms with Gasteiger partial charge in [-0.15, -0.1) is 11.8 Å². The van der Waals surface area contributed by atoms with Crippen molar-refractivity contribution in [3.8, 4) is 0 Å². The van der Waals surface area contributed by atoms with E-state index in [0.717, 1.165) is 23.9 Å². The molecule has 0 radical (unpaired) electrons. The predicted molar refractivity (Wildman–Crippen MR) is 157 cm³/mol. The second kappa shape index (κ2) is 17.3. The fourth-order valence-electron chi connectivity index (χ4n) is 3.57. The zero-order chi connectivity index (χ0) is 29.5. The second-order valence-corrected chi connectivity index (χ2v) is 11.9. The zero-order valence-corrected chi connectivity index (χ0v) is 25.5. The van der Waals surface area contributed by atoms with Crippen LogP contribution in [0.4, 0.5) is 5.69 Å². The third kappa shape index (κ3) is 14.0. The molecule has 3 amide bonds. The number of ether oxygens (including phenoxy) is 2. The molecule has 0 saturated carbocycles. The topological polar surface area (TPSA) is 105 Å². The third-order valence-corrected chi connectivity index (χ3v) is 7.65. The van der Waals surface area contributed by atoms with Crippen LogP contribution in [0.15, 0.2) is 30.3 Å². The zero-order valence-electron chi connectivity index (χ0n) is 24.7. The molecule has 1 N–H and O–H groups in total. The number of benzene rings is 1. The average Bonchev–Trinajstić information content (AvgIpc) is 2.90. The number of amides is 3. The molecular formula is C29H47N3O6S. The first-order chi connectivity index (χ1) is 18.3. The molecule has 1 aromatic rings. The maximum Gasteiger partial charge on any atom is 0.236 e. The number of anilines is 1. The Morgan fingerprint density at radius 2 is 1.72 bits per heavy atom. The van der Waals surface area contributed by atoms with Crippen LogP contribution in [-0.4, -0.2) is 91.5 Å². The molecule has 0 spiro atoms. The summed E-state index contributed by atoms with van der Waals surface area (Å²) in [7, 11) is 3.29. The molecule has 1 aromatic carbocycles. The first-order valence-corrected chi connectivity index (χ1v) is 14.5. The summed E-state index contributed by atoms with van der Waals surface area (Å²) in [5, 5.41) is 2.25. The van der Waals surface area contributed by atoms with Gasteiger partial charge in [-0.3, -0.25) is 14.4 Å². The van der Waals surface area contributed by atoms with Crippen LogP contribution in [0.3, 0.4) is 0 Å². The van der Waals surface area contributed by atoms with Gasteiger partial charge < -0.3 is 29.4 Å². The number of para-hydroxylation sites is 1. The first kappa shape index (κ1) is 34.6. The van der Waals surface area contributed by atoms with E-state index in [1.54, 1.807) is 19.1 Å². The number of nitrogens with zero attached hydrogens (tertiary/aromatic N) is 2. The smallest absolute Gasteiger partial charge is 0.236 e. The van der Waals surface area contributed by atoms with Crippen molar-refractivity contribution in [2.24, 2.45) is 0 Å². The van der Waals surface area contributed by atoms with Crippen LogP contribution in [0.2, 0.25) is 0 Å². The van der Waals surface area contributed by atoms with E-state index in [-0.39, 0.29) is 54.1 Å². The SMILES string of the molecule is CCN(C(=O)CSC(C=O)CC(=O)N(C)CCC(=O)NCCC(C)(C)OCCC(C)(C)OC)c1ccccc1. The van der Waals surface area contributed by atoms with E-state index in [1.807, 2.05) is 65.0 Å². The normalized spacial score (nSPS) is 12.5. The minimum atomic E-state index is -0.635. The Labute approximate surface area is 238 Å². The molecule has 1 atom stereocenters. The van der Waals surface area contributed by atoms with Crippen LogP contribution in [0.25, 0.3) is 0 Å². The summed E-state index contributed by atoms with van der Waals surface area (Å²) in [6.07, 6.45) is 2.26. The maximum absolute atomic E-state index is 12.7. The molecule has 1 unspecified atom stereocenters. The lowest BCUT2D eigenvalue weighted by molar-refractivity contribution is -0.131. The summed E-state index contributed by atoms with van der Waals surface area (Å²) in [6, 6.07) is 9.33. The molecule has 10 heteroatoms. The van der Waals surface area contributed by atoms with Gasteiger partial charge in [0.2, 0.25) is 17.7 Å². The van der Waals surface area contributed by atoms with Crippen molar-refractivity contribution in [3.05, 3.63) is 30.3 Å². The fraction of sp³-hybridized carbons (Fsp3) is 0.655. The Morgan fingerprint density at radius 1 is 1.05 bits per heavy atom. The van der Waals surface area contributed by atoms with Gasteiger partial charge in [0, 0.05) is 52.3 Å². The van der Waals surface area contributed by atoms with Crippen molar-refractivity contribution >= 4 is 41.5 Å². The maximum atomic E-state index is 12.7. The Balaban J connectivity index is 2.37. The van der Waals surface area contributed by atoms with Crippen molar-refractivity contribution < 1.29 is 28.7 Å². The van der Waals surface area contributed by atoms with Crippen molar-refractivity contribution in [2.75, 3.05) is 51.1 Å². The number of nitrogens with one attached hydrogen (secondary N) is 1. The summed E-state index contributed by atoms with van der Waals surface area (Å²) in [6.45, 7) is 11.7. The molecule has 0 aliphatic rings. The van der Waals surface area contributed by atoms with Crippen LogP contribution in [0, 0.1) is 0 Å². The van der Waals surface area contributed by atoms with E-state index in [9.17, 15) is 19.2 Å². The second-order valence-electron chi connectivity index (χ2n) is 10.7. The standard InChI is InChI=1S/C29H47N3O6S/c1-8-32(23-12-10-9-11-13-23)27(36)22-39-24(21-33)20-26(35)31(6)18-14-25(34)30-17-15-29(4,5)38-19-16-28(2,3)37-7/h9-13,21,24H,8,14-20,22H2,1-7H3,(H,30,34). The summed E-state index contributed by atoms with van der Waals surface area (Å²) < 4.78 is 11.4. The molecule has 0 fully saturated rings. The molecular weight excluding hydrogens is 518 g/mol. The van der Waals surface area contributed by atoms with E-state index in [2.05, 4.69) is 5.32 Å². The molecule has 0 aliphatic carbocycles. The van der Waals surface area contributed by atoms with E-state index in [1.165, 1.54) is 4.90 Å². The molecule has 0 aromatic heterocycles. The lowest BCUT2D eigenvalue weighted by atomic mass is 10.0. The van der Waals surface area contributed by atoms with Gasteiger partial charge in [-0.05, 0) is 59.6 Å². The van der Waals surface area contributed by atoms with Crippen LogP contribution < -0.4 is 10.2 Å². The molecule has 9 nitrogen and oxygen atoms in total. The number of carbonyl (C=O) groups is 4. The highest BCUT2D eigenvalue weighted by molar-refractivity contribution is 8.01. The molecule has 0 bridgehead atoms. The monoisotopic (exact) mass is 565 g/mol. The van der Waals surface area contributed by atoms with E-state index in [0.29, 0.717) is 32.4 Å². The first-order valence-electron chi connectivity index (χ1n) is 13.5. The van der Waals surface area contributed by atoms with Gasteiger partial charge in [-0.1, -0.05) is 18.2 Å². The van der Waals surface area contributed by atoms with Gasteiger partial charge in [-0.25, -0.2) is 0 Å². The van der Waals surface area contributed by atoms with Crippen LogP contribution in [0.1, 0.15) is 60.3 Å². The van der Waals surface area contributed by atoms with Crippen molar-refractivity contribution in [2.45, 2.75) is 76.8 Å². The van der Waals surface area contributed by atoms with Crippen molar-refractivity contribution in [3.63, 3.8) is 0 Å². The minimum Gasteiger partial charge on any atom is -0.379 e. The predicted octanol–water partition coefficient (Wildman–Crippen LogP) is 3.70. The minimum absolute atomic E-state index is 0.0254. The molecule has 220 valence electrons. The van der Waals surface area contributed by atoms with Crippen LogP contribution in [0.5, 0.6) is 0 Å². The van der Waals surface area contributed by atoms with Gasteiger partial charge in [0.15, 0.2) is 0 Å². The highest BCUT2D eigenvalue weighted by Gasteiger charge is 2.23. The molecule has 0 aliphatic heterocycles. The quantitative estimate of drug-likeness (QED) is 0.255. The summed E-state index contributed by atoms with van der Waals surface area (Å²) >= 11 is 1.15. The van der Waals surface area contributed by atoms with E-state index in [4.69, 9.17) is 9.47 Å². The number of hydrogen-bond acceptors (Lipinski definition) is 7. The third-order valence-electron chi connectivity index (χ3n) is 6.53. The highest BCUT2D eigenvalue weighted by atomic mass is 32.2. The van der Waals surface area contributed by atoms with Crippen LogP contribution >= 0.6 is 11.8 Å². The average molecular weight is 566 g/mol. The lowest BCUT2D eigenvalue weighted by Gasteiger charge is -2.29. The number of rotatable bonds is 19. The van der Waals surface area contributed by atoms with Crippen molar-refractivity contribution in [1.82, 2.24) is 10.2 Å². The van der Waals surface area contributed by atoms with Gasteiger partial charge in [0.1, 0.15) is 6.29 Å². The van der Waals surface area contributed by atoms with E-state index >= 15 is 0 Å². The van der Waals surface area contributed by atoms with Gasteiger partial charge in [0.05, 0.1) is 28.8 Å². The van der Waals surface area contributed by atoms with Gasteiger partial charge in [-0.2, -0.15) is 0 Å². The number of aldehydes is 1. The Hall–Kier alpha value is -2.43. The highest BCUT2D eigenvalue weighted by Crippen LogP contribution is 2.20. The number of methoxy groups -OCH3 is 1. The molecule has 39 heavy (non-hydrogen) atoms. The van der Waals surface area contributed by atoms with Gasteiger partial charge in [0.25, 0.3) is 0 Å². The summed E-state index contributed by atoms with van der Waals surface area (Å²) in [5.41, 5.74) is 0.167. The van der Waals surface area contributed by atoms with Gasteiger partial charge >= 0.3 is 0 Å². The molecule has 0 heterocycles. The summed E-state index contributed by atoms with van der Waals surface area (Å²) in [4.78, 5) is 52.3. The lowest BCUT2D eigenvalue weighted by Crippen LogP contribution is -2.37. The van der Waals surface area contributed by atoms with Crippen molar-refractivity contribution in [1.29, 1.82) is 0 Å². The largest absolute Gasteiger partial charge is 0.379 e. The molecule has 1 rings (SSSR count). The number of thioether (sulfide) groups is 1. The Bertz CT molecular complexity index is 910. The summed E-state index contributed by atoms with van der Waals surface area (Å²) in [5.74, 6) is -0.428. The Kier molecular flexibility index (Phi) is 15.3.